The number of H-pyrrole nitrogens is 1. The van der Waals surface area contributed by atoms with Gasteiger partial charge in [0.25, 0.3) is 5.56 Å². The second-order valence-electron chi connectivity index (χ2n) is 6.40. The van der Waals surface area contributed by atoms with Gasteiger partial charge in [-0.05, 0) is 51.3 Å². The molecule has 0 aliphatic heterocycles. The van der Waals surface area contributed by atoms with E-state index in [0.29, 0.717) is 16.9 Å². The van der Waals surface area contributed by atoms with Crippen LogP contribution in [0.5, 0.6) is 0 Å². The molecule has 124 valence electrons. The van der Waals surface area contributed by atoms with Crippen LogP contribution in [0.15, 0.2) is 16.9 Å². The lowest BCUT2D eigenvalue weighted by Gasteiger charge is -2.11. The molecule has 0 aliphatic carbocycles. The van der Waals surface area contributed by atoms with Crippen LogP contribution in [0.25, 0.3) is 16.8 Å². The second-order valence-corrected chi connectivity index (χ2v) is 6.40. The number of fused-ring (bicyclic) bond motifs is 1. The van der Waals surface area contributed by atoms with Gasteiger partial charge in [0.05, 0.1) is 0 Å². The van der Waals surface area contributed by atoms with Crippen molar-refractivity contribution in [1.82, 2.24) is 14.6 Å². The van der Waals surface area contributed by atoms with Gasteiger partial charge < -0.3 is 4.79 Å². The smallest absolute Gasteiger partial charge is 0.276 e. The third-order valence-corrected chi connectivity index (χ3v) is 4.48. The maximum absolute atomic E-state index is 12.7. The fourth-order valence-electron chi connectivity index (χ4n) is 3.52. The van der Waals surface area contributed by atoms with Gasteiger partial charge in [0.15, 0.2) is 5.65 Å². The molecule has 0 spiro atoms. The molecule has 0 fully saturated rings. The fraction of sp³-hybridized carbons (Fsp3) is 0.316. The van der Waals surface area contributed by atoms with Crippen molar-refractivity contribution >= 4 is 11.9 Å². The quantitative estimate of drug-likeness (QED) is 0.754. The van der Waals surface area contributed by atoms with Crippen molar-refractivity contribution in [2.45, 2.75) is 41.0 Å². The van der Waals surface area contributed by atoms with Gasteiger partial charge in [0, 0.05) is 28.9 Å². The Morgan fingerprint density at radius 3 is 2.29 bits per heavy atom. The highest BCUT2D eigenvalue weighted by Crippen LogP contribution is 2.33. The molecule has 5 nitrogen and oxygen atoms in total. The Bertz CT molecular complexity index is 1000. The van der Waals surface area contributed by atoms with Crippen molar-refractivity contribution in [2.75, 3.05) is 0 Å². The molecule has 0 bridgehead atoms. The van der Waals surface area contributed by atoms with Crippen molar-refractivity contribution in [3.05, 3.63) is 56.1 Å². The lowest BCUT2D eigenvalue weighted by Crippen LogP contribution is -2.22. The van der Waals surface area contributed by atoms with Crippen molar-refractivity contribution < 1.29 is 4.79 Å². The summed E-state index contributed by atoms with van der Waals surface area (Å²) in [7, 11) is 0. The molecule has 0 atom stereocenters. The number of rotatable bonds is 3. The van der Waals surface area contributed by atoms with Crippen LogP contribution in [0.1, 0.15) is 33.6 Å². The van der Waals surface area contributed by atoms with Gasteiger partial charge in [-0.25, -0.2) is 9.50 Å². The average molecular weight is 323 g/mol. The van der Waals surface area contributed by atoms with Crippen molar-refractivity contribution in [3.8, 4) is 11.1 Å². The van der Waals surface area contributed by atoms with E-state index in [1.54, 1.807) is 6.92 Å². The Morgan fingerprint density at radius 1 is 1.08 bits per heavy atom. The van der Waals surface area contributed by atoms with E-state index in [4.69, 9.17) is 0 Å². The summed E-state index contributed by atoms with van der Waals surface area (Å²) in [6, 6.07) is 4.27. The van der Waals surface area contributed by atoms with E-state index in [1.807, 2.05) is 6.92 Å². The van der Waals surface area contributed by atoms with Crippen LogP contribution < -0.4 is 5.56 Å². The summed E-state index contributed by atoms with van der Waals surface area (Å²) in [5.41, 5.74) is 7.90. The minimum Gasteiger partial charge on any atom is -0.303 e. The second kappa shape index (κ2) is 5.74. The topological polar surface area (TPSA) is 67.2 Å². The van der Waals surface area contributed by atoms with Gasteiger partial charge in [-0.15, -0.1) is 0 Å². The van der Waals surface area contributed by atoms with Crippen LogP contribution in [0.2, 0.25) is 0 Å². The number of aromatic amines is 1. The Hall–Kier alpha value is -2.69. The highest BCUT2D eigenvalue weighted by atomic mass is 16.1. The molecule has 24 heavy (non-hydrogen) atoms. The predicted octanol–water partition coefficient (Wildman–Crippen LogP) is 2.97. The molecule has 3 aromatic rings. The van der Waals surface area contributed by atoms with E-state index in [-0.39, 0.29) is 12.0 Å². The first-order valence-corrected chi connectivity index (χ1v) is 7.97. The molecule has 2 aromatic heterocycles. The van der Waals surface area contributed by atoms with Gasteiger partial charge in [-0.3, -0.25) is 9.89 Å². The van der Waals surface area contributed by atoms with Gasteiger partial charge in [-0.2, -0.15) is 0 Å². The normalized spacial score (nSPS) is 11.2. The summed E-state index contributed by atoms with van der Waals surface area (Å²) in [6.07, 6.45) is 0.819. The monoisotopic (exact) mass is 323 g/mol. The zero-order chi connectivity index (χ0) is 17.6. The Balaban J connectivity index is 2.42. The van der Waals surface area contributed by atoms with Gasteiger partial charge >= 0.3 is 0 Å². The minimum absolute atomic E-state index is 0.0800. The number of hydrogen-bond donors (Lipinski definition) is 1. The van der Waals surface area contributed by atoms with E-state index in [0.717, 1.165) is 34.2 Å². The molecule has 0 unspecified atom stereocenters. The molecule has 0 radical (unpaired) electrons. The number of hydrogen-bond acceptors (Lipinski definition) is 3. The molecule has 0 saturated heterocycles. The Kier molecular flexibility index (Phi) is 3.87. The highest BCUT2D eigenvalue weighted by Gasteiger charge is 2.19. The largest absolute Gasteiger partial charge is 0.303 e. The van der Waals surface area contributed by atoms with Crippen LogP contribution in [0, 0.1) is 34.6 Å². The molecule has 1 N–H and O–H groups in total. The zero-order valence-electron chi connectivity index (χ0n) is 14.7. The van der Waals surface area contributed by atoms with Gasteiger partial charge in [0.1, 0.15) is 6.29 Å². The standard InChI is InChI=1S/C19H21N3O2/c1-10-8-11(2)16(12(3)9-10)17-14(5)21-22-18(17)20-13(4)15(6-7-23)19(22)24/h7-9,21H,6H2,1-5H3. The van der Waals surface area contributed by atoms with E-state index in [9.17, 15) is 9.59 Å². The minimum atomic E-state index is -0.207. The molecular weight excluding hydrogens is 302 g/mol. The zero-order valence-corrected chi connectivity index (χ0v) is 14.7. The maximum Gasteiger partial charge on any atom is 0.276 e. The van der Waals surface area contributed by atoms with Crippen LogP contribution in [-0.4, -0.2) is 20.9 Å². The average Bonchev–Trinajstić information content (AvgIpc) is 2.80. The third kappa shape index (κ3) is 2.37. The van der Waals surface area contributed by atoms with E-state index >= 15 is 0 Å². The number of carbonyl (C=O) groups is 1. The summed E-state index contributed by atoms with van der Waals surface area (Å²) in [6.45, 7) is 9.94. The van der Waals surface area contributed by atoms with Crippen molar-refractivity contribution in [3.63, 3.8) is 0 Å². The molecule has 2 heterocycles. The molecule has 3 rings (SSSR count). The summed E-state index contributed by atoms with van der Waals surface area (Å²) in [5.74, 6) is 0. The third-order valence-electron chi connectivity index (χ3n) is 4.48. The van der Waals surface area contributed by atoms with E-state index < -0.39 is 0 Å². The summed E-state index contributed by atoms with van der Waals surface area (Å²) in [5, 5.41) is 3.11. The number of aldehydes is 1. The number of nitrogens with zero attached hydrogens (tertiary/aromatic N) is 2. The van der Waals surface area contributed by atoms with Crippen LogP contribution >= 0.6 is 0 Å². The SMILES string of the molecule is Cc1cc(C)c(-c2c(C)[nH]n3c(=O)c(CC=O)c(C)nc23)c(C)c1. The first-order valence-electron chi connectivity index (χ1n) is 7.97. The summed E-state index contributed by atoms with van der Waals surface area (Å²) < 4.78 is 1.45. The number of benzene rings is 1. The molecule has 0 saturated carbocycles. The lowest BCUT2D eigenvalue weighted by molar-refractivity contribution is -0.107. The first-order chi connectivity index (χ1) is 11.3. The number of aromatic nitrogens is 3. The lowest BCUT2D eigenvalue weighted by atomic mass is 9.94. The van der Waals surface area contributed by atoms with Crippen molar-refractivity contribution in [1.29, 1.82) is 0 Å². The molecule has 5 heteroatoms. The molecule has 0 aliphatic rings. The molecule has 0 amide bonds. The predicted molar refractivity (Wildman–Crippen MR) is 94.7 cm³/mol. The first kappa shape index (κ1) is 16.2. The fourth-order valence-corrected chi connectivity index (χ4v) is 3.52. The number of carbonyl (C=O) groups excluding carboxylic acids is 1. The number of nitrogens with one attached hydrogen (secondary N) is 1. The van der Waals surface area contributed by atoms with E-state index in [2.05, 4.69) is 43.0 Å². The van der Waals surface area contributed by atoms with Crippen LogP contribution in [0.4, 0.5) is 0 Å². The highest BCUT2D eigenvalue weighted by molar-refractivity contribution is 5.84. The molecular formula is C19H21N3O2. The Morgan fingerprint density at radius 2 is 1.71 bits per heavy atom. The van der Waals surface area contributed by atoms with Crippen LogP contribution in [-0.2, 0) is 11.2 Å². The number of aryl methyl sites for hydroxylation is 5. The molecule has 1 aromatic carbocycles. The van der Waals surface area contributed by atoms with E-state index in [1.165, 1.54) is 10.1 Å². The Labute approximate surface area is 140 Å². The van der Waals surface area contributed by atoms with Crippen LogP contribution in [0.3, 0.4) is 0 Å². The van der Waals surface area contributed by atoms with Gasteiger partial charge in [-0.1, -0.05) is 17.7 Å². The van der Waals surface area contributed by atoms with Gasteiger partial charge in [0.2, 0.25) is 0 Å². The maximum atomic E-state index is 12.7. The van der Waals surface area contributed by atoms with Crippen molar-refractivity contribution in [2.24, 2.45) is 0 Å². The summed E-state index contributed by atoms with van der Waals surface area (Å²) in [4.78, 5) is 28.2. The summed E-state index contributed by atoms with van der Waals surface area (Å²) >= 11 is 0.